The highest BCUT2D eigenvalue weighted by Crippen LogP contribution is 2.23. The number of carbonyl (C=O) groups is 2. The summed E-state index contributed by atoms with van der Waals surface area (Å²) in [6, 6.07) is 11.2. The first-order valence-corrected chi connectivity index (χ1v) is 10.6. The molecule has 2 aromatic rings. The minimum atomic E-state index is -3.83. The van der Waals surface area contributed by atoms with Gasteiger partial charge < -0.3 is 20.1 Å². The number of hydrogen-bond acceptors (Lipinski definition) is 7. The van der Waals surface area contributed by atoms with Gasteiger partial charge >= 0.3 is 11.8 Å². The lowest BCUT2D eigenvalue weighted by Crippen LogP contribution is -2.47. The highest BCUT2D eigenvalue weighted by atomic mass is 32.2. The van der Waals surface area contributed by atoms with Crippen LogP contribution in [0.15, 0.2) is 53.6 Å². The molecule has 2 amide bonds. The maximum absolute atomic E-state index is 12.9. The molecule has 1 aliphatic heterocycles. The minimum Gasteiger partial charge on any atom is -0.497 e. The molecule has 3 rings (SSSR count). The first-order valence-electron chi connectivity index (χ1n) is 9.15. The second kappa shape index (κ2) is 9.65. The molecule has 0 radical (unpaired) electrons. The quantitative estimate of drug-likeness (QED) is 0.581. The van der Waals surface area contributed by atoms with Gasteiger partial charge in [0.15, 0.2) is 0 Å². The second-order valence-electron chi connectivity index (χ2n) is 6.33. The number of sulfonamides is 1. The first kappa shape index (κ1) is 21.7. The zero-order valence-electron chi connectivity index (χ0n) is 16.3. The van der Waals surface area contributed by atoms with Crippen LogP contribution in [0.1, 0.15) is 5.69 Å². The molecule has 2 heterocycles. The molecule has 0 unspecified atom stereocenters. The van der Waals surface area contributed by atoms with Gasteiger partial charge in [-0.25, -0.2) is 8.42 Å². The molecule has 0 spiro atoms. The summed E-state index contributed by atoms with van der Waals surface area (Å²) in [5.41, 5.74) is 0.606. The molecule has 0 saturated carbocycles. The Balaban J connectivity index is 1.56. The predicted molar refractivity (Wildman–Crippen MR) is 106 cm³/mol. The van der Waals surface area contributed by atoms with Gasteiger partial charge in [0.2, 0.25) is 10.0 Å². The van der Waals surface area contributed by atoms with Crippen molar-refractivity contribution < 1.29 is 27.5 Å². The van der Waals surface area contributed by atoms with Crippen LogP contribution in [-0.2, 0) is 30.9 Å². The molecule has 0 aliphatic carbocycles. The molecule has 1 aromatic heterocycles. The molecule has 2 N–H and O–H groups in total. The van der Waals surface area contributed by atoms with Crippen LogP contribution in [0.25, 0.3) is 0 Å². The summed E-state index contributed by atoms with van der Waals surface area (Å²) in [5, 5.41) is 4.86. The van der Waals surface area contributed by atoms with Gasteiger partial charge in [-0.2, -0.15) is 4.31 Å². The van der Waals surface area contributed by atoms with Gasteiger partial charge in [-0.3, -0.25) is 14.6 Å². The lowest BCUT2D eigenvalue weighted by atomic mass is 10.3. The van der Waals surface area contributed by atoms with Crippen LogP contribution in [0.3, 0.4) is 0 Å². The lowest BCUT2D eigenvalue weighted by molar-refractivity contribution is -0.139. The number of methoxy groups -OCH3 is 1. The number of rotatable bonds is 7. The van der Waals surface area contributed by atoms with Crippen molar-refractivity contribution >= 4 is 21.8 Å². The molecule has 1 aliphatic rings. The van der Waals surface area contributed by atoms with Crippen molar-refractivity contribution in [1.82, 2.24) is 19.9 Å². The van der Waals surface area contributed by atoms with Crippen LogP contribution in [0, 0.1) is 0 Å². The third-order valence-electron chi connectivity index (χ3n) is 4.41. The summed E-state index contributed by atoms with van der Waals surface area (Å²) in [6.45, 7) is 0.263. The number of carbonyl (C=O) groups excluding carboxylic acids is 2. The number of amides is 2. The number of nitrogens with one attached hydrogen (secondary N) is 2. The molecule has 1 saturated heterocycles. The Morgan fingerprint density at radius 1 is 1.17 bits per heavy atom. The lowest BCUT2D eigenvalue weighted by Gasteiger charge is -2.22. The molecule has 1 fully saturated rings. The predicted octanol–water partition coefficient (Wildman–Crippen LogP) is -0.130. The Kier molecular flexibility index (Phi) is 6.98. The molecule has 160 valence electrons. The van der Waals surface area contributed by atoms with E-state index in [1.807, 2.05) is 0 Å². The molecule has 10 nitrogen and oxygen atoms in total. The molecular formula is C19H22N4O6S. The fraction of sp³-hybridized carbons (Fsp3) is 0.316. The first-order chi connectivity index (χ1) is 14.4. The monoisotopic (exact) mass is 434 g/mol. The third kappa shape index (κ3) is 5.12. The summed E-state index contributed by atoms with van der Waals surface area (Å²) in [6.07, 6.45) is 0.668. The van der Waals surface area contributed by atoms with Crippen molar-refractivity contribution in [2.75, 3.05) is 26.8 Å². The summed E-state index contributed by atoms with van der Waals surface area (Å²) in [4.78, 5) is 28.1. The van der Waals surface area contributed by atoms with E-state index in [4.69, 9.17) is 9.47 Å². The van der Waals surface area contributed by atoms with Crippen LogP contribution in [-0.4, -0.2) is 62.6 Å². The van der Waals surface area contributed by atoms with Crippen molar-refractivity contribution in [3.05, 3.63) is 54.4 Å². The average molecular weight is 434 g/mol. The fourth-order valence-corrected chi connectivity index (χ4v) is 4.35. The van der Waals surface area contributed by atoms with Crippen molar-refractivity contribution in [1.29, 1.82) is 0 Å². The maximum atomic E-state index is 12.9. The average Bonchev–Trinajstić information content (AvgIpc) is 3.26. The van der Waals surface area contributed by atoms with Crippen LogP contribution in [0.5, 0.6) is 5.75 Å². The van der Waals surface area contributed by atoms with Crippen LogP contribution in [0.4, 0.5) is 0 Å². The number of hydrogen-bond donors (Lipinski definition) is 2. The van der Waals surface area contributed by atoms with Gasteiger partial charge in [0.25, 0.3) is 0 Å². The number of nitrogens with zero attached hydrogens (tertiary/aromatic N) is 2. The smallest absolute Gasteiger partial charge is 0.309 e. The molecule has 0 bridgehead atoms. The maximum Gasteiger partial charge on any atom is 0.309 e. The Bertz CT molecular complexity index is 982. The highest BCUT2D eigenvalue weighted by Gasteiger charge is 2.36. The summed E-state index contributed by atoms with van der Waals surface area (Å²) >= 11 is 0. The van der Waals surface area contributed by atoms with Gasteiger partial charge in [0.05, 0.1) is 37.4 Å². The van der Waals surface area contributed by atoms with Crippen LogP contribution in [0.2, 0.25) is 0 Å². The number of benzene rings is 1. The van der Waals surface area contributed by atoms with Crippen molar-refractivity contribution in [3.8, 4) is 5.75 Å². The van der Waals surface area contributed by atoms with E-state index in [1.54, 1.807) is 36.5 Å². The van der Waals surface area contributed by atoms with Gasteiger partial charge in [-0.15, -0.1) is 0 Å². The van der Waals surface area contributed by atoms with E-state index in [-0.39, 0.29) is 31.1 Å². The third-order valence-corrected chi connectivity index (χ3v) is 6.31. The normalized spacial score (nSPS) is 16.8. The van der Waals surface area contributed by atoms with Crippen molar-refractivity contribution in [2.45, 2.75) is 17.7 Å². The Morgan fingerprint density at radius 3 is 2.57 bits per heavy atom. The number of pyridine rings is 1. The van der Waals surface area contributed by atoms with Gasteiger partial charge in [-0.05, 0) is 36.4 Å². The Morgan fingerprint density at radius 2 is 1.90 bits per heavy atom. The van der Waals surface area contributed by atoms with Crippen LogP contribution < -0.4 is 15.4 Å². The SMILES string of the molecule is COc1ccc(S(=O)(=O)N2CCO[C@@H]2CNC(=O)C(=O)NCc2ccccn2)cc1. The summed E-state index contributed by atoms with van der Waals surface area (Å²) in [7, 11) is -2.35. The molecular weight excluding hydrogens is 412 g/mol. The van der Waals surface area contributed by atoms with E-state index in [1.165, 1.54) is 19.2 Å². The zero-order valence-corrected chi connectivity index (χ0v) is 17.1. The van der Waals surface area contributed by atoms with Crippen molar-refractivity contribution in [2.24, 2.45) is 0 Å². The summed E-state index contributed by atoms with van der Waals surface area (Å²) < 4.78 is 37.4. The number of ether oxygens (including phenoxy) is 2. The van der Waals surface area contributed by atoms with E-state index >= 15 is 0 Å². The topological polar surface area (TPSA) is 127 Å². The summed E-state index contributed by atoms with van der Waals surface area (Å²) in [5.74, 6) is -1.20. The number of aromatic nitrogens is 1. The standard InChI is InChI=1S/C19H22N4O6S/c1-28-15-5-7-16(8-6-15)30(26,27)23-10-11-29-17(23)13-22-19(25)18(24)21-12-14-4-2-3-9-20-14/h2-9,17H,10-13H2,1H3,(H,21,24)(H,22,25)/t17-/m1/s1. The molecule has 11 heteroatoms. The van der Waals surface area contributed by atoms with Crippen molar-refractivity contribution in [3.63, 3.8) is 0 Å². The Labute approximate surface area is 174 Å². The highest BCUT2D eigenvalue weighted by molar-refractivity contribution is 7.89. The van der Waals surface area contributed by atoms with E-state index in [2.05, 4.69) is 15.6 Å². The van der Waals surface area contributed by atoms with Gasteiger partial charge in [-0.1, -0.05) is 6.07 Å². The second-order valence-corrected chi connectivity index (χ2v) is 8.22. The van der Waals surface area contributed by atoms with E-state index in [0.29, 0.717) is 11.4 Å². The largest absolute Gasteiger partial charge is 0.497 e. The molecule has 30 heavy (non-hydrogen) atoms. The minimum absolute atomic E-state index is 0.0817. The molecule has 1 atom stereocenters. The zero-order chi connectivity index (χ0) is 21.6. The molecule has 1 aromatic carbocycles. The van der Waals surface area contributed by atoms with E-state index in [9.17, 15) is 18.0 Å². The van der Waals surface area contributed by atoms with E-state index in [0.717, 1.165) is 4.31 Å². The van der Waals surface area contributed by atoms with Gasteiger partial charge in [0.1, 0.15) is 12.0 Å². The van der Waals surface area contributed by atoms with E-state index < -0.39 is 28.1 Å². The Hall–Kier alpha value is -3.02. The fourth-order valence-electron chi connectivity index (χ4n) is 2.84. The van der Waals surface area contributed by atoms with Gasteiger partial charge in [0, 0.05) is 12.7 Å². The van der Waals surface area contributed by atoms with Crippen LogP contribution >= 0.6 is 0 Å².